The highest BCUT2D eigenvalue weighted by molar-refractivity contribution is 5.91. The van der Waals surface area contributed by atoms with E-state index in [0.717, 1.165) is 0 Å². The Bertz CT molecular complexity index is 1120. The van der Waals surface area contributed by atoms with E-state index in [2.05, 4.69) is 10.3 Å². The van der Waals surface area contributed by atoms with Gasteiger partial charge in [-0.05, 0) is 31.2 Å². The number of H-pyrrole nitrogens is 1. The first-order valence-electron chi connectivity index (χ1n) is 8.86. The van der Waals surface area contributed by atoms with Crippen molar-refractivity contribution >= 4 is 22.5 Å². The van der Waals surface area contributed by atoms with E-state index in [1.807, 2.05) is 6.92 Å². The molecule has 0 spiro atoms. The van der Waals surface area contributed by atoms with Gasteiger partial charge in [-0.25, -0.2) is 4.79 Å². The van der Waals surface area contributed by atoms with Gasteiger partial charge in [0.2, 0.25) is 5.91 Å². The van der Waals surface area contributed by atoms with Crippen LogP contribution < -0.4 is 26.0 Å². The molecule has 28 heavy (non-hydrogen) atoms. The van der Waals surface area contributed by atoms with Crippen molar-refractivity contribution in [1.82, 2.24) is 9.55 Å². The highest BCUT2D eigenvalue weighted by atomic mass is 16.5. The van der Waals surface area contributed by atoms with E-state index >= 15 is 0 Å². The summed E-state index contributed by atoms with van der Waals surface area (Å²) < 4.78 is 12.1. The molecule has 0 aliphatic heterocycles. The van der Waals surface area contributed by atoms with Gasteiger partial charge in [0.15, 0.2) is 11.5 Å². The molecule has 0 saturated heterocycles. The summed E-state index contributed by atoms with van der Waals surface area (Å²) in [5.74, 6) is 0.838. The Morgan fingerprint density at radius 3 is 2.68 bits per heavy atom. The van der Waals surface area contributed by atoms with Crippen molar-refractivity contribution in [2.45, 2.75) is 19.9 Å². The number of nitrogens with one attached hydrogen (secondary N) is 2. The summed E-state index contributed by atoms with van der Waals surface area (Å²) in [7, 11) is 1.52. The van der Waals surface area contributed by atoms with Crippen LogP contribution in [0.3, 0.4) is 0 Å². The van der Waals surface area contributed by atoms with Crippen molar-refractivity contribution in [3.05, 3.63) is 63.3 Å². The Kier molecular flexibility index (Phi) is 5.78. The standard InChI is InChI=1S/C20H21N3O5/c1-3-28-16-9-8-13(12-17(16)27-2)21-18(24)10-11-23-15-7-5-4-6-14(15)19(25)22-20(23)26/h4-9,12H,3,10-11H2,1-2H3,(H,21,24)(H,22,25,26). The molecule has 0 aliphatic carbocycles. The average Bonchev–Trinajstić information content (AvgIpc) is 2.69. The number of methoxy groups -OCH3 is 1. The number of nitrogens with zero attached hydrogens (tertiary/aromatic N) is 1. The third-order valence-corrected chi connectivity index (χ3v) is 4.21. The van der Waals surface area contributed by atoms with Crippen LogP contribution >= 0.6 is 0 Å². The van der Waals surface area contributed by atoms with Gasteiger partial charge < -0.3 is 14.8 Å². The van der Waals surface area contributed by atoms with Crippen molar-refractivity contribution < 1.29 is 14.3 Å². The van der Waals surface area contributed by atoms with Crippen LogP contribution in [0.15, 0.2) is 52.1 Å². The van der Waals surface area contributed by atoms with Crippen LogP contribution in [0.1, 0.15) is 13.3 Å². The van der Waals surface area contributed by atoms with Gasteiger partial charge >= 0.3 is 5.69 Å². The Balaban J connectivity index is 1.74. The van der Waals surface area contributed by atoms with Crippen molar-refractivity contribution in [2.24, 2.45) is 0 Å². The predicted molar refractivity (Wildman–Crippen MR) is 106 cm³/mol. The summed E-state index contributed by atoms with van der Waals surface area (Å²) in [5, 5.41) is 3.17. The van der Waals surface area contributed by atoms with Crippen LogP contribution in [0.2, 0.25) is 0 Å². The lowest BCUT2D eigenvalue weighted by Gasteiger charge is -2.12. The number of aromatic amines is 1. The number of fused-ring (bicyclic) bond motifs is 1. The molecule has 1 heterocycles. The molecule has 0 radical (unpaired) electrons. The third kappa shape index (κ3) is 4.06. The molecule has 0 atom stereocenters. The first-order chi connectivity index (χ1) is 13.5. The molecule has 8 nitrogen and oxygen atoms in total. The van der Waals surface area contributed by atoms with Crippen molar-refractivity contribution in [3.8, 4) is 11.5 Å². The van der Waals surface area contributed by atoms with E-state index in [-0.39, 0.29) is 18.9 Å². The molecule has 2 aromatic carbocycles. The van der Waals surface area contributed by atoms with Crippen LogP contribution in [0, 0.1) is 0 Å². The molecule has 3 rings (SSSR count). The highest BCUT2D eigenvalue weighted by Gasteiger charge is 2.11. The van der Waals surface area contributed by atoms with Crippen LogP contribution in [0.4, 0.5) is 5.69 Å². The first kappa shape index (κ1) is 19.2. The number of aryl methyl sites for hydroxylation is 1. The zero-order chi connectivity index (χ0) is 20.1. The largest absolute Gasteiger partial charge is 0.493 e. The Morgan fingerprint density at radius 1 is 1.14 bits per heavy atom. The number of aromatic nitrogens is 2. The smallest absolute Gasteiger partial charge is 0.328 e. The second-order valence-corrected chi connectivity index (χ2v) is 6.02. The predicted octanol–water partition coefficient (Wildman–Crippen LogP) is 2.13. The Labute approximate surface area is 160 Å². The minimum Gasteiger partial charge on any atom is -0.493 e. The molecular formula is C20H21N3O5. The molecule has 1 amide bonds. The van der Waals surface area contributed by atoms with Crippen molar-refractivity contribution in [3.63, 3.8) is 0 Å². The van der Waals surface area contributed by atoms with Crippen molar-refractivity contribution in [1.29, 1.82) is 0 Å². The van der Waals surface area contributed by atoms with Gasteiger partial charge in [-0.1, -0.05) is 12.1 Å². The molecule has 0 fully saturated rings. The molecular weight excluding hydrogens is 362 g/mol. The molecule has 8 heteroatoms. The number of rotatable bonds is 7. The van der Waals surface area contributed by atoms with Gasteiger partial charge in [-0.3, -0.25) is 19.1 Å². The molecule has 0 aliphatic rings. The zero-order valence-electron chi connectivity index (χ0n) is 15.7. The number of benzene rings is 2. The van der Waals surface area contributed by atoms with Crippen LogP contribution in [-0.4, -0.2) is 29.2 Å². The maximum Gasteiger partial charge on any atom is 0.328 e. The lowest BCUT2D eigenvalue weighted by atomic mass is 10.2. The van der Waals surface area contributed by atoms with E-state index < -0.39 is 11.2 Å². The SMILES string of the molecule is CCOc1ccc(NC(=O)CCn2c(=O)[nH]c(=O)c3ccccc32)cc1OC. The van der Waals surface area contributed by atoms with Crippen LogP contribution in [-0.2, 0) is 11.3 Å². The average molecular weight is 383 g/mol. The van der Waals surface area contributed by atoms with E-state index in [0.29, 0.717) is 34.7 Å². The van der Waals surface area contributed by atoms with Crippen LogP contribution in [0.25, 0.3) is 10.9 Å². The van der Waals surface area contributed by atoms with Crippen molar-refractivity contribution in [2.75, 3.05) is 19.0 Å². The number of carbonyl (C=O) groups excluding carboxylic acids is 1. The normalized spacial score (nSPS) is 10.6. The van der Waals surface area contributed by atoms with Gasteiger partial charge in [0.05, 0.1) is 24.6 Å². The lowest BCUT2D eigenvalue weighted by molar-refractivity contribution is -0.116. The number of hydrogen-bond donors (Lipinski definition) is 2. The number of carbonyl (C=O) groups is 1. The molecule has 0 saturated carbocycles. The number of hydrogen-bond acceptors (Lipinski definition) is 5. The minimum atomic E-state index is -0.542. The minimum absolute atomic E-state index is 0.0610. The number of ether oxygens (including phenoxy) is 2. The maximum absolute atomic E-state index is 12.3. The van der Waals surface area contributed by atoms with Gasteiger partial charge in [0, 0.05) is 24.7 Å². The second kappa shape index (κ2) is 8.43. The Morgan fingerprint density at radius 2 is 1.93 bits per heavy atom. The summed E-state index contributed by atoms with van der Waals surface area (Å²) in [6.45, 7) is 2.51. The molecule has 1 aromatic heterocycles. The zero-order valence-corrected chi connectivity index (χ0v) is 15.7. The van der Waals surface area contributed by atoms with E-state index in [4.69, 9.17) is 9.47 Å². The summed E-state index contributed by atoms with van der Waals surface area (Å²) >= 11 is 0. The van der Waals surface area contributed by atoms with E-state index in [1.165, 1.54) is 11.7 Å². The number of amides is 1. The third-order valence-electron chi connectivity index (χ3n) is 4.21. The van der Waals surface area contributed by atoms with Gasteiger partial charge in [-0.15, -0.1) is 0 Å². The monoisotopic (exact) mass is 383 g/mol. The van der Waals surface area contributed by atoms with Gasteiger partial charge in [0.25, 0.3) is 5.56 Å². The molecule has 146 valence electrons. The lowest BCUT2D eigenvalue weighted by Crippen LogP contribution is -2.31. The van der Waals surface area contributed by atoms with Gasteiger partial charge in [-0.2, -0.15) is 0 Å². The number of para-hydroxylation sites is 1. The van der Waals surface area contributed by atoms with E-state index in [9.17, 15) is 14.4 Å². The fourth-order valence-electron chi connectivity index (χ4n) is 2.92. The Hall–Kier alpha value is -3.55. The molecule has 0 bridgehead atoms. The fourth-order valence-corrected chi connectivity index (χ4v) is 2.92. The quantitative estimate of drug-likeness (QED) is 0.651. The number of anilines is 1. The maximum atomic E-state index is 12.3. The van der Waals surface area contributed by atoms with Crippen LogP contribution in [0.5, 0.6) is 11.5 Å². The molecule has 2 N–H and O–H groups in total. The van der Waals surface area contributed by atoms with Gasteiger partial charge in [0.1, 0.15) is 0 Å². The highest BCUT2D eigenvalue weighted by Crippen LogP contribution is 2.30. The first-order valence-corrected chi connectivity index (χ1v) is 8.86. The van der Waals surface area contributed by atoms with E-state index in [1.54, 1.807) is 42.5 Å². The topological polar surface area (TPSA) is 102 Å². The second-order valence-electron chi connectivity index (χ2n) is 6.02. The summed E-state index contributed by atoms with van der Waals surface area (Å²) in [6, 6.07) is 11.9. The molecule has 3 aromatic rings. The molecule has 0 unspecified atom stereocenters. The fraction of sp³-hybridized carbons (Fsp3) is 0.250. The summed E-state index contributed by atoms with van der Waals surface area (Å²) in [5.41, 5.74) is 0.0674. The summed E-state index contributed by atoms with van der Waals surface area (Å²) in [4.78, 5) is 38.7. The summed E-state index contributed by atoms with van der Waals surface area (Å²) in [6.07, 6.45) is 0.0610.